The number of likely N-dealkylation sites (tertiary alicyclic amines) is 1. The number of nitrogens with zero attached hydrogens (tertiary/aromatic N) is 6. The van der Waals surface area contributed by atoms with Gasteiger partial charge >= 0.3 is 31.3 Å². The molecule has 1 aliphatic heterocycles. The molecule has 1 unspecified atom stereocenters. The van der Waals surface area contributed by atoms with Gasteiger partial charge in [-0.1, -0.05) is 24.3 Å². The first-order valence-corrected chi connectivity index (χ1v) is 17.4. The van der Waals surface area contributed by atoms with E-state index >= 15 is 0 Å². The first kappa shape index (κ1) is 42.4. The molecule has 5 rings (SSSR count). The maximum absolute atomic E-state index is 10.7. The van der Waals surface area contributed by atoms with E-state index in [0.717, 1.165) is 56.1 Å². The van der Waals surface area contributed by atoms with Crippen molar-refractivity contribution in [3.63, 3.8) is 0 Å². The Morgan fingerprint density at radius 3 is 1.63 bits per heavy atom. The van der Waals surface area contributed by atoms with Gasteiger partial charge in [-0.25, -0.2) is 9.97 Å². The maximum Gasteiger partial charge on any atom is 0.522 e. The molecule has 12 nitrogen and oxygen atoms in total. The number of rotatable bonds is 8. The minimum Gasteiger partial charge on any atom is -0.327 e. The summed E-state index contributed by atoms with van der Waals surface area (Å²) in [6, 6.07) is 17.5. The number of aromatic nitrogens is 4. The summed E-state index contributed by atoms with van der Waals surface area (Å²) >= 11 is 0. The van der Waals surface area contributed by atoms with Crippen LogP contribution in [0.15, 0.2) is 48.5 Å². The Kier molecular flexibility index (Phi) is 14.7. The van der Waals surface area contributed by atoms with E-state index in [-0.39, 0.29) is 17.1 Å². The summed E-state index contributed by atoms with van der Waals surface area (Å²) < 4.78 is 120. The summed E-state index contributed by atoms with van der Waals surface area (Å²) in [5.41, 5.74) is -6.38. The first-order chi connectivity index (χ1) is 22.2. The number of halogens is 6. The van der Waals surface area contributed by atoms with Crippen LogP contribution in [0.4, 0.5) is 26.3 Å². The molecule has 0 spiro atoms. The van der Waals surface area contributed by atoms with E-state index in [1.165, 1.54) is 29.7 Å². The Bertz CT molecular complexity index is 1860. The minimum absolute atomic E-state index is 0. The third-order valence-corrected chi connectivity index (χ3v) is 8.63. The quantitative estimate of drug-likeness (QED) is 0.104. The van der Waals surface area contributed by atoms with E-state index in [2.05, 4.69) is 88.4 Å². The number of fused-ring (bicyclic) bond motifs is 2. The SMILES string of the molecule is CCn1c(CN(C)CC2CCCN2Cc2nc3ccccc3n2CC)nc2ccccc21.O=S(=O)(O)C(F)(F)F.O=S(=O)(O)C(F)(F)F.[Mn]. The number of likely N-dealkylation sites (N-methyl/N-ethyl adjacent to an activating group) is 1. The molecule has 1 saturated heterocycles. The van der Waals surface area contributed by atoms with Crippen molar-refractivity contribution in [1.82, 2.24) is 28.9 Å². The van der Waals surface area contributed by atoms with Crippen molar-refractivity contribution >= 4 is 42.3 Å². The molecule has 49 heavy (non-hydrogen) atoms. The molecule has 0 bridgehead atoms. The molecule has 3 heterocycles. The standard InChI is InChI=1S/C26H34N6.2CHF3O3S.Mn/c1-4-31-23-14-8-6-12-21(23)27-25(31)18-29(3)17-20-11-10-16-30(20)19-26-28-22-13-7-9-15-24(22)32(26)5-2;2*2-1(3,4)8(5,6)7;/h6-9,12-15,20H,4-5,10-11,16-19H2,1-3H3;2*(H,5,6,7);. The molecule has 2 N–H and O–H groups in total. The van der Waals surface area contributed by atoms with Crippen molar-refractivity contribution in [1.29, 1.82) is 0 Å². The molecule has 4 aromatic rings. The molecule has 1 radical (unpaired) electrons. The number of aryl methyl sites for hydroxylation is 2. The first-order valence-electron chi connectivity index (χ1n) is 14.6. The minimum atomic E-state index is -5.84. The second kappa shape index (κ2) is 17.0. The van der Waals surface area contributed by atoms with Crippen LogP contribution in [0.3, 0.4) is 0 Å². The van der Waals surface area contributed by atoms with E-state index in [1.807, 2.05) is 0 Å². The van der Waals surface area contributed by atoms with Crippen LogP contribution < -0.4 is 0 Å². The zero-order valence-electron chi connectivity index (χ0n) is 26.5. The van der Waals surface area contributed by atoms with Crippen molar-refractivity contribution in [3.05, 3.63) is 60.2 Å². The maximum atomic E-state index is 10.7. The van der Waals surface area contributed by atoms with Crippen LogP contribution in [-0.4, -0.2) is 92.0 Å². The molecule has 0 aliphatic carbocycles. The number of benzene rings is 2. The van der Waals surface area contributed by atoms with Crippen molar-refractivity contribution in [3.8, 4) is 0 Å². The van der Waals surface area contributed by atoms with Crippen LogP contribution in [0.5, 0.6) is 0 Å². The van der Waals surface area contributed by atoms with Gasteiger partial charge in [0.05, 0.1) is 35.2 Å². The van der Waals surface area contributed by atoms with Crippen molar-refractivity contribution in [2.45, 2.75) is 69.9 Å². The topological polar surface area (TPSA) is 151 Å². The summed E-state index contributed by atoms with van der Waals surface area (Å²) in [5.74, 6) is 2.35. The molecular weight excluding hydrogens is 749 g/mol. The molecule has 1 fully saturated rings. The van der Waals surface area contributed by atoms with E-state index in [1.54, 1.807) is 0 Å². The Morgan fingerprint density at radius 2 is 1.20 bits per heavy atom. The van der Waals surface area contributed by atoms with E-state index < -0.39 is 31.3 Å². The predicted molar refractivity (Wildman–Crippen MR) is 166 cm³/mol. The third-order valence-electron chi connectivity index (χ3n) is 7.46. The smallest absolute Gasteiger partial charge is 0.327 e. The van der Waals surface area contributed by atoms with Gasteiger partial charge in [0.1, 0.15) is 11.6 Å². The summed E-state index contributed by atoms with van der Waals surface area (Å²) in [4.78, 5) is 15.0. The number of alkyl halides is 6. The Hall–Kier alpha value is -2.78. The summed E-state index contributed by atoms with van der Waals surface area (Å²) in [6.07, 6.45) is 2.51. The zero-order valence-corrected chi connectivity index (χ0v) is 29.3. The fourth-order valence-electron chi connectivity index (χ4n) is 5.36. The average Bonchev–Trinajstić information content (AvgIpc) is 3.66. The number of para-hydroxylation sites is 4. The summed E-state index contributed by atoms with van der Waals surface area (Å²) in [5, 5.41) is 0. The van der Waals surface area contributed by atoms with E-state index in [0.29, 0.717) is 6.04 Å². The summed E-state index contributed by atoms with van der Waals surface area (Å²) in [6.45, 7) is 10.3. The van der Waals surface area contributed by atoms with E-state index in [9.17, 15) is 26.3 Å². The van der Waals surface area contributed by atoms with Crippen LogP contribution in [0.1, 0.15) is 38.3 Å². The van der Waals surface area contributed by atoms with Gasteiger partial charge in [0.15, 0.2) is 0 Å². The van der Waals surface area contributed by atoms with Crippen LogP contribution in [0.25, 0.3) is 22.1 Å². The monoisotopic (exact) mass is 785 g/mol. The van der Waals surface area contributed by atoms with Gasteiger partial charge in [0.2, 0.25) is 0 Å². The molecule has 275 valence electrons. The summed E-state index contributed by atoms with van der Waals surface area (Å²) in [7, 11) is -9.45. The van der Waals surface area contributed by atoms with Gasteiger partial charge < -0.3 is 9.13 Å². The fourth-order valence-corrected chi connectivity index (χ4v) is 5.36. The molecule has 2 aromatic heterocycles. The second-order valence-corrected chi connectivity index (χ2v) is 13.7. The Labute approximate surface area is 290 Å². The molecule has 1 atom stereocenters. The molecule has 0 amide bonds. The van der Waals surface area contributed by atoms with Crippen molar-refractivity contribution in [2.24, 2.45) is 0 Å². The van der Waals surface area contributed by atoms with Gasteiger partial charge in [0, 0.05) is 42.7 Å². The molecule has 0 saturated carbocycles. The fraction of sp³-hybridized carbons (Fsp3) is 0.500. The normalized spacial score (nSPS) is 15.9. The van der Waals surface area contributed by atoms with E-state index in [4.69, 9.17) is 35.9 Å². The second-order valence-electron chi connectivity index (χ2n) is 10.8. The van der Waals surface area contributed by atoms with Gasteiger partial charge in [0.25, 0.3) is 0 Å². The number of imidazole rings is 2. The molecular formula is C28H36F6MnN6O6S2. The van der Waals surface area contributed by atoms with Gasteiger partial charge in [-0.15, -0.1) is 0 Å². The predicted octanol–water partition coefficient (Wildman–Crippen LogP) is 5.31. The molecule has 1 aliphatic rings. The van der Waals surface area contributed by atoms with Crippen molar-refractivity contribution < 1.29 is 69.4 Å². The van der Waals surface area contributed by atoms with Gasteiger partial charge in [-0.2, -0.15) is 43.2 Å². The Balaban J connectivity index is 0.000000410. The largest absolute Gasteiger partial charge is 0.522 e. The Morgan fingerprint density at radius 1 is 0.796 bits per heavy atom. The number of hydrogen-bond donors (Lipinski definition) is 2. The third kappa shape index (κ3) is 11.1. The number of hydrogen-bond acceptors (Lipinski definition) is 8. The van der Waals surface area contributed by atoms with Crippen LogP contribution >= 0.6 is 0 Å². The van der Waals surface area contributed by atoms with Crippen molar-refractivity contribution in [2.75, 3.05) is 20.1 Å². The van der Waals surface area contributed by atoms with Crippen LogP contribution in [0.2, 0.25) is 0 Å². The van der Waals surface area contributed by atoms with Crippen LogP contribution in [0, 0.1) is 0 Å². The van der Waals surface area contributed by atoms with Crippen LogP contribution in [-0.2, 0) is 63.5 Å². The zero-order chi connectivity index (χ0) is 36.1. The average molecular weight is 786 g/mol. The van der Waals surface area contributed by atoms with Gasteiger partial charge in [-0.3, -0.25) is 18.9 Å². The van der Waals surface area contributed by atoms with Gasteiger partial charge in [-0.05, 0) is 64.5 Å². The molecule has 21 heteroatoms. The molecule has 2 aromatic carbocycles.